The summed E-state index contributed by atoms with van der Waals surface area (Å²) in [6, 6.07) is 65.0. The van der Waals surface area contributed by atoms with Crippen molar-refractivity contribution >= 4 is 21.8 Å². The molecule has 0 saturated carbocycles. The van der Waals surface area contributed by atoms with Crippen molar-refractivity contribution < 1.29 is 0 Å². The van der Waals surface area contributed by atoms with Crippen LogP contribution in [0.25, 0.3) is 100 Å². The second-order valence-corrected chi connectivity index (χ2v) is 13.7. The van der Waals surface area contributed by atoms with Crippen molar-refractivity contribution in [3.63, 3.8) is 0 Å². The Hall–Kier alpha value is -7.63. The zero-order valence-corrected chi connectivity index (χ0v) is 30.3. The van der Waals surface area contributed by atoms with Gasteiger partial charge in [-0.25, -0.2) is 19.9 Å². The van der Waals surface area contributed by atoms with E-state index in [1.54, 1.807) is 0 Å². The summed E-state index contributed by atoms with van der Waals surface area (Å²) >= 11 is 0. The maximum Gasteiger partial charge on any atom is 0.160 e. The number of pyridine rings is 1. The van der Waals surface area contributed by atoms with Crippen molar-refractivity contribution in [3.05, 3.63) is 200 Å². The number of rotatable bonds is 7. The van der Waals surface area contributed by atoms with Crippen LogP contribution in [0.15, 0.2) is 200 Å². The molecule has 0 bridgehead atoms. The Morgan fingerprint density at radius 3 is 1.29 bits per heavy atom. The third-order valence-electron chi connectivity index (χ3n) is 10.2. The first-order valence-electron chi connectivity index (χ1n) is 18.7. The SMILES string of the molecule is c1ccc(-c2nc(-c3cccc(-c4cccc(-c5ccncc5)c4-c4cccc(-c5nc(-c6ccccc6)nc6ccccc56)c4)c3)c3ccccc3n2)cc1. The molecule has 3 aromatic heterocycles. The lowest BCUT2D eigenvalue weighted by Gasteiger charge is -2.18. The van der Waals surface area contributed by atoms with Crippen LogP contribution in [0.5, 0.6) is 0 Å². The molecule has 0 radical (unpaired) electrons. The Morgan fingerprint density at radius 2 is 0.714 bits per heavy atom. The molecule has 10 aromatic rings. The van der Waals surface area contributed by atoms with Crippen LogP contribution in [0.2, 0.25) is 0 Å². The standard InChI is InChI=1S/C51H33N5/c1-3-14-35(15-4-1)50-53-45-26-9-7-22-43(45)48(55-50)39-20-11-18-37(32-39)42-25-13-24-41(34-28-30-52-31-29-34)47(42)38-19-12-21-40(33-38)49-44-23-8-10-27-46(44)54-51(56-49)36-16-5-2-6-17-36/h1-33H. The summed E-state index contributed by atoms with van der Waals surface area (Å²) in [4.78, 5) is 24.7. The molecule has 5 nitrogen and oxygen atoms in total. The van der Waals surface area contributed by atoms with E-state index >= 15 is 0 Å². The van der Waals surface area contributed by atoms with Gasteiger partial charge in [0.2, 0.25) is 0 Å². The number of hydrogen-bond donors (Lipinski definition) is 0. The second-order valence-electron chi connectivity index (χ2n) is 13.7. The van der Waals surface area contributed by atoms with E-state index in [0.29, 0.717) is 11.6 Å². The van der Waals surface area contributed by atoms with Crippen LogP contribution in [0.4, 0.5) is 0 Å². The third-order valence-corrected chi connectivity index (χ3v) is 10.2. The zero-order valence-electron chi connectivity index (χ0n) is 30.3. The van der Waals surface area contributed by atoms with Crippen LogP contribution in [0.3, 0.4) is 0 Å². The predicted molar refractivity (Wildman–Crippen MR) is 228 cm³/mol. The quantitative estimate of drug-likeness (QED) is 0.164. The monoisotopic (exact) mass is 715 g/mol. The molecule has 0 spiro atoms. The maximum absolute atomic E-state index is 5.20. The van der Waals surface area contributed by atoms with E-state index in [1.807, 2.05) is 67.0 Å². The fourth-order valence-electron chi connectivity index (χ4n) is 7.56. The Kier molecular flexibility index (Phi) is 8.43. The molecule has 0 fully saturated rings. The van der Waals surface area contributed by atoms with Crippen LogP contribution in [0.1, 0.15) is 0 Å². The molecule has 0 amide bonds. The van der Waals surface area contributed by atoms with E-state index in [4.69, 9.17) is 19.9 Å². The molecule has 56 heavy (non-hydrogen) atoms. The van der Waals surface area contributed by atoms with Gasteiger partial charge in [0.05, 0.1) is 22.4 Å². The predicted octanol–water partition coefficient (Wildman–Crippen LogP) is 12.6. The van der Waals surface area contributed by atoms with Crippen molar-refractivity contribution in [2.75, 3.05) is 0 Å². The van der Waals surface area contributed by atoms with Gasteiger partial charge in [0.1, 0.15) is 0 Å². The molecule has 0 aliphatic heterocycles. The van der Waals surface area contributed by atoms with Crippen LogP contribution in [0, 0.1) is 0 Å². The molecule has 10 rings (SSSR count). The van der Waals surface area contributed by atoms with E-state index in [-0.39, 0.29) is 0 Å². The van der Waals surface area contributed by atoms with Crippen molar-refractivity contribution in [2.45, 2.75) is 0 Å². The fraction of sp³-hybridized carbons (Fsp3) is 0. The average molecular weight is 716 g/mol. The van der Waals surface area contributed by atoms with Gasteiger partial charge < -0.3 is 0 Å². The highest BCUT2D eigenvalue weighted by molar-refractivity contribution is 5.99. The zero-order chi connectivity index (χ0) is 37.3. The lowest BCUT2D eigenvalue weighted by molar-refractivity contribution is 1.23. The first-order chi connectivity index (χ1) is 27.8. The van der Waals surface area contributed by atoms with Gasteiger partial charge in [-0.2, -0.15) is 0 Å². The molecule has 0 aliphatic carbocycles. The number of aromatic nitrogens is 5. The Morgan fingerprint density at radius 1 is 0.286 bits per heavy atom. The van der Waals surface area contributed by atoms with E-state index in [1.165, 1.54) is 0 Å². The minimum atomic E-state index is 0.701. The first kappa shape index (κ1) is 33.0. The van der Waals surface area contributed by atoms with Crippen molar-refractivity contribution in [1.82, 2.24) is 24.9 Å². The Balaban J connectivity index is 1.17. The number of nitrogens with zero attached hydrogens (tertiary/aromatic N) is 5. The molecular weight excluding hydrogens is 683 g/mol. The second kappa shape index (κ2) is 14.3. The smallest absolute Gasteiger partial charge is 0.160 e. The highest BCUT2D eigenvalue weighted by atomic mass is 14.9. The van der Waals surface area contributed by atoms with Crippen LogP contribution >= 0.6 is 0 Å². The van der Waals surface area contributed by atoms with Crippen molar-refractivity contribution in [2.24, 2.45) is 0 Å². The molecule has 3 heterocycles. The third kappa shape index (κ3) is 6.17. The molecular formula is C51H33N5. The van der Waals surface area contributed by atoms with Gasteiger partial charge in [0.25, 0.3) is 0 Å². The summed E-state index contributed by atoms with van der Waals surface area (Å²) in [6.45, 7) is 0. The van der Waals surface area contributed by atoms with Gasteiger partial charge in [-0.1, -0.05) is 152 Å². The van der Waals surface area contributed by atoms with E-state index in [2.05, 4.69) is 138 Å². The van der Waals surface area contributed by atoms with Gasteiger partial charge in [-0.3, -0.25) is 4.98 Å². The summed E-state index contributed by atoms with van der Waals surface area (Å²) < 4.78 is 0. The van der Waals surface area contributed by atoms with Crippen molar-refractivity contribution in [1.29, 1.82) is 0 Å². The summed E-state index contributed by atoms with van der Waals surface area (Å²) in [5, 5.41) is 2.02. The molecule has 5 heteroatoms. The van der Waals surface area contributed by atoms with Gasteiger partial charge in [-0.05, 0) is 69.8 Å². The normalized spacial score (nSPS) is 11.2. The molecule has 7 aromatic carbocycles. The van der Waals surface area contributed by atoms with Gasteiger partial charge >= 0.3 is 0 Å². The van der Waals surface area contributed by atoms with Crippen LogP contribution in [-0.4, -0.2) is 24.9 Å². The van der Waals surface area contributed by atoms with E-state index < -0.39 is 0 Å². The van der Waals surface area contributed by atoms with Crippen LogP contribution in [-0.2, 0) is 0 Å². The number of hydrogen-bond acceptors (Lipinski definition) is 5. The van der Waals surface area contributed by atoms with Gasteiger partial charge in [-0.15, -0.1) is 0 Å². The molecule has 262 valence electrons. The minimum absolute atomic E-state index is 0.701. The lowest BCUT2D eigenvalue weighted by Crippen LogP contribution is -1.96. The summed E-state index contributed by atoms with van der Waals surface area (Å²) in [5.74, 6) is 1.40. The Bertz CT molecular complexity index is 3020. The largest absolute Gasteiger partial charge is 0.265 e. The van der Waals surface area contributed by atoms with E-state index in [9.17, 15) is 0 Å². The number of para-hydroxylation sites is 2. The summed E-state index contributed by atoms with van der Waals surface area (Å²) in [5.41, 5.74) is 14.2. The highest BCUT2D eigenvalue weighted by Crippen LogP contribution is 2.43. The Labute approximate surface area is 324 Å². The molecule has 0 unspecified atom stereocenters. The first-order valence-corrected chi connectivity index (χ1v) is 18.7. The molecule has 0 aliphatic rings. The van der Waals surface area contributed by atoms with Gasteiger partial charge in [0, 0.05) is 45.4 Å². The maximum atomic E-state index is 5.20. The highest BCUT2D eigenvalue weighted by Gasteiger charge is 2.19. The lowest BCUT2D eigenvalue weighted by atomic mass is 9.86. The minimum Gasteiger partial charge on any atom is -0.265 e. The van der Waals surface area contributed by atoms with Gasteiger partial charge in [0.15, 0.2) is 11.6 Å². The number of fused-ring (bicyclic) bond motifs is 2. The molecule has 0 atom stereocenters. The average Bonchev–Trinajstić information content (AvgIpc) is 3.29. The topological polar surface area (TPSA) is 64.5 Å². The summed E-state index contributed by atoms with van der Waals surface area (Å²) in [7, 11) is 0. The fourth-order valence-corrected chi connectivity index (χ4v) is 7.56. The van der Waals surface area contributed by atoms with Crippen LogP contribution < -0.4 is 0 Å². The number of benzene rings is 7. The molecule has 0 N–H and O–H groups in total. The summed E-state index contributed by atoms with van der Waals surface area (Å²) in [6.07, 6.45) is 3.71. The van der Waals surface area contributed by atoms with E-state index in [0.717, 1.165) is 88.8 Å². The molecule has 0 saturated heterocycles. The van der Waals surface area contributed by atoms with Crippen molar-refractivity contribution in [3.8, 4) is 78.7 Å².